The molecule has 1 heterocycles. The van der Waals surface area contributed by atoms with Gasteiger partial charge in [0.2, 0.25) is 0 Å². The van der Waals surface area contributed by atoms with Gasteiger partial charge in [-0.05, 0) is 43.0 Å². The molecule has 0 bridgehead atoms. The van der Waals surface area contributed by atoms with Crippen LogP contribution in [-0.2, 0) is 13.1 Å². The molecule has 134 valence electrons. The molecule has 1 aliphatic rings. The fourth-order valence-corrected chi connectivity index (χ4v) is 2.66. The maximum absolute atomic E-state index is 14.0. The van der Waals surface area contributed by atoms with Crippen LogP contribution in [0.15, 0.2) is 29.1 Å². The lowest BCUT2D eigenvalue weighted by Gasteiger charge is -2.12. The average molecular weight is 347 g/mol. The number of benzene rings is 1. The van der Waals surface area contributed by atoms with E-state index in [0.717, 1.165) is 12.8 Å². The van der Waals surface area contributed by atoms with Crippen molar-refractivity contribution in [2.45, 2.75) is 25.9 Å². The minimum absolute atomic E-state index is 0.00209. The van der Waals surface area contributed by atoms with Gasteiger partial charge in [0.15, 0.2) is 11.6 Å². The van der Waals surface area contributed by atoms with Crippen molar-refractivity contribution in [1.29, 1.82) is 0 Å². The van der Waals surface area contributed by atoms with Crippen LogP contribution in [0.2, 0.25) is 0 Å². The van der Waals surface area contributed by atoms with Crippen molar-refractivity contribution >= 4 is 0 Å². The summed E-state index contributed by atoms with van der Waals surface area (Å²) in [5.74, 6) is 0.188. The zero-order valence-electron chi connectivity index (χ0n) is 14.2. The van der Waals surface area contributed by atoms with Crippen molar-refractivity contribution in [3.05, 3.63) is 46.0 Å². The Balaban J connectivity index is 1.97. The van der Waals surface area contributed by atoms with Crippen LogP contribution < -0.4 is 15.6 Å². The molecule has 7 heteroatoms. The third-order valence-electron chi connectivity index (χ3n) is 4.23. The van der Waals surface area contributed by atoms with Crippen molar-refractivity contribution in [1.82, 2.24) is 15.1 Å². The summed E-state index contributed by atoms with van der Waals surface area (Å²) >= 11 is 0. The number of hydrogen-bond donors (Lipinski definition) is 2. The Morgan fingerprint density at radius 3 is 2.84 bits per heavy atom. The second-order valence-corrected chi connectivity index (χ2v) is 6.24. The molecule has 3 rings (SSSR count). The molecule has 0 radical (unpaired) electrons. The number of aromatic nitrogens is 2. The molecule has 2 aromatic rings. The molecule has 1 aromatic heterocycles. The van der Waals surface area contributed by atoms with Gasteiger partial charge in [-0.1, -0.05) is 0 Å². The lowest BCUT2D eigenvalue weighted by Crippen LogP contribution is -2.30. The lowest BCUT2D eigenvalue weighted by atomic mass is 10.1. The van der Waals surface area contributed by atoms with Crippen LogP contribution in [0, 0.1) is 11.7 Å². The highest BCUT2D eigenvalue weighted by molar-refractivity contribution is 5.60. The normalized spacial score (nSPS) is 13.9. The van der Waals surface area contributed by atoms with E-state index in [4.69, 9.17) is 9.84 Å². The first-order valence-electron chi connectivity index (χ1n) is 8.39. The minimum Gasteiger partial charge on any atom is -0.494 e. The number of nitrogens with one attached hydrogen (secondary N) is 1. The Hall–Kier alpha value is -2.25. The van der Waals surface area contributed by atoms with Crippen molar-refractivity contribution in [2.24, 2.45) is 5.92 Å². The standard InChI is InChI=1S/C18H22FN3O3/c1-25-17-5-4-13(8-15(17)19)16-9-14(10-20-6-7-23)18(24)22(21-16)11-12-2-3-12/h4-5,8-9,12,20,23H,2-3,6-7,10-11H2,1H3. The molecule has 0 amide bonds. The topological polar surface area (TPSA) is 76.4 Å². The molecule has 25 heavy (non-hydrogen) atoms. The number of rotatable bonds is 8. The van der Waals surface area contributed by atoms with Crippen molar-refractivity contribution in [3.8, 4) is 17.0 Å². The van der Waals surface area contributed by atoms with Gasteiger partial charge >= 0.3 is 0 Å². The zero-order chi connectivity index (χ0) is 17.8. The molecule has 1 aliphatic carbocycles. The SMILES string of the molecule is COc1ccc(-c2cc(CNCCO)c(=O)n(CC3CC3)n2)cc1F. The van der Waals surface area contributed by atoms with Gasteiger partial charge in [-0.2, -0.15) is 5.10 Å². The van der Waals surface area contributed by atoms with Gasteiger partial charge in [-0.3, -0.25) is 4.79 Å². The number of methoxy groups -OCH3 is 1. The summed E-state index contributed by atoms with van der Waals surface area (Å²) in [4.78, 5) is 12.6. The van der Waals surface area contributed by atoms with Gasteiger partial charge < -0.3 is 15.2 Å². The van der Waals surface area contributed by atoms with Gasteiger partial charge in [-0.15, -0.1) is 0 Å². The molecule has 0 atom stereocenters. The maximum atomic E-state index is 14.0. The number of aliphatic hydroxyl groups is 1. The number of hydrogen-bond acceptors (Lipinski definition) is 5. The highest BCUT2D eigenvalue weighted by Crippen LogP contribution is 2.30. The summed E-state index contributed by atoms with van der Waals surface area (Å²) in [6.07, 6.45) is 2.21. The highest BCUT2D eigenvalue weighted by atomic mass is 19.1. The first-order chi connectivity index (χ1) is 12.1. The van der Waals surface area contributed by atoms with E-state index in [1.807, 2.05) is 0 Å². The fourth-order valence-electron chi connectivity index (χ4n) is 2.66. The molecule has 1 aromatic carbocycles. The van der Waals surface area contributed by atoms with E-state index in [9.17, 15) is 9.18 Å². The largest absolute Gasteiger partial charge is 0.494 e. The molecule has 0 spiro atoms. The number of nitrogens with zero attached hydrogens (tertiary/aromatic N) is 2. The van der Waals surface area contributed by atoms with E-state index < -0.39 is 5.82 Å². The van der Waals surface area contributed by atoms with Crippen LogP contribution in [0.1, 0.15) is 18.4 Å². The van der Waals surface area contributed by atoms with Crippen LogP contribution >= 0.6 is 0 Å². The van der Waals surface area contributed by atoms with Crippen LogP contribution in [0.4, 0.5) is 4.39 Å². The Kier molecular flexibility index (Phi) is 5.45. The minimum atomic E-state index is -0.471. The summed E-state index contributed by atoms with van der Waals surface area (Å²) in [6, 6.07) is 6.31. The van der Waals surface area contributed by atoms with Gasteiger partial charge in [0.25, 0.3) is 5.56 Å². The van der Waals surface area contributed by atoms with Crippen LogP contribution in [0.25, 0.3) is 11.3 Å². The average Bonchev–Trinajstić information content (AvgIpc) is 3.42. The monoisotopic (exact) mass is 347 g/mol. The second-order valence-electron chi connectivity index (χ2n) is 6.24. The highest BCUT2D eigenvalue weighted by Gasteiger charge is 2.23. The third kappa shape index (κ3) is 4.24. The molecule has 1 saturated carbocycles. The van der Waals surface area contributed by atoms with E-state index in [0.29, 0.717) is 42.4 Å². The first-order valence-corrected chi connectivity index (χ1v) is 8.39. The molecule has 2 N–H and O–H groups in total. The fraction of sp³-hybridized carbons (Fsp3) is 0.444. The van der Waals surface area contributed by atoms with Crippen LogP contribution in [0.5, 0.6) is 5.75 Å². The quantitative estimate of drug-likeness (QED) is 0.709. The second kappa shape index (κ2) is 7.76. The van der Waals surface area contributed by atoms with Gasteiger partial charge in [-0.25, -0.2) is 9.07 Å². The molecular weight excluding hydrogens is 325 g/mol. The van der Waals surface area contributed by atoms with E-state index in [2.05, 4.69) is 10.4 Å². The maximum Gasteiger partial charge on any atom is 0.271 e. The third-order valence-corrected chi connectivity index (χ3v) is 4.23. The number of aliphatic hydroxyl groups excluding tert-OH is 1. The summed E-state index contributed by atoms with van der Waals surface area (Å²) < 4.78 is 20.4. The Bertz CT molecular complexity index is 803. The summed E-state index contributed by atoms with van der Waals surface area (Å²) in [7, 11) is 1.41. The van der Waals surface area contributed by atoms with E-state index in [1.54, 1.807) is 18.2 Å². The van der Waals surface area contributed by atoms with Crippen molar-refractivity contribution < 1.29 is 14.2 Å². The Morgan fingerprint density at radius 1 is 1.40 bits per heavy atom. The van der Waals surface area contributed by atoms with Crippen molar-refractivity contribution in [2.75, 3.05) is 20.3 Å². The zero-order valence-corrected chi connectivity index (χ0v) is 14.2. The van der Waals surface area contributed by atoms with E-state index in [-0.39, 0.29) is 17.9 Å². The Labute approximate surface area is 145 Å². The predicted molar refractivity (Wildman–Crippen MR) is 92.0 cm³/mol. The number of ether oxygens (including phenoxy) is 1. The smallest absolute Gasteiger partial charge is 0.271 e. The molecule has 0 unspecified atom stereocenters. The predicted octanol–water partition coefficient (Wildman–Crippen LogP) is 1.55. The summed E-state index contributed by atoms with van der Waals surface area (Å²) in [5, 5.41) is 16.3. The molecule has 0 aliphatic heterocycles. The molecule has 6 nitrogen and oxygen atoms in total. The lowest BCUT2D eigenvalue weighted by molar-refractivity contribution is 0.291. The summed E-state index contributed by atoms with van der Waals surface area (Å²) in [6.45, 7) is 1.31. The molecule has 0 saturated heterocycles. The van der Waals surface area contributed by atoms with Crippen molar-refractivity contribution in [3.63, 3.8) is 0 Å². The molecule has 1 fully saturated rings. The van der Waals surface area contributed by atoms with Gasteiger partial charge in [0, 0.05) is 30.8 Å². The van der Waals surface area contributed by atoms with E-state index in [1.165, 1.54) is 17.9 Å². The van der Waals surface area contributed by atoms with Crippen LogP contribution in [-0.4, -0.2) is 35.1 Å². The first kappa shape index (κ1) is 17.6. The number of halogens is 1. The molecular formula is C18H22FN3O3. The summed E-state index contributed by atoms with van der Waals surface area (Å²) in [5.41, 5.74) is 1.54. The van der Waals surface area contributed by atoms with Crippen LogP contribution in [0.3, 0.4) is 0 Å². The van der Waals surface area contributed by atoms with Gasteiger partial charge in [0.05, 0.1) is 19.4 Å². The Morgan fingerprint density at radius 2 is 2.20 bits per heavy atom. The van der Waals surface area contributed by atoms with Gasteiger partial charge in [0.1, 0.15) is 0 Å². The van der Waals surface area contributed by atoms with E-state index >= 15 is 0 Å².